The number of aliphatic hydroxyl groups excluding tert-OH is 2. The Morgan fingerprint density at radius 3 is 2.44 bits per heavy atom. The zero-order valence-electron chi connectivity index (χ0n) is 4.73. The Balaban J connectivity index is 2.15. The molecule has 0 aliphatic carbocycles. The molecule has 0 amide bonds. The first-order valence-electron chi connectivity index (χ1n) is 2.92. The summed E-state index contributed by atoms with van der Waals surface area (Å²) in [7, 11) is 0. The summed E-state index contributed by atoms with van der Waals surface area (Å²) in [6.45, 7) is 0. The fourth-order valence-corrected chi connectivity index (χ4v) is 2.41. The van der Waals surface area contributed by atoms with E-state index in [-0.39, 0.29) is 11.5 Å². The molecule has 2 fully saturated rings. The molecule has 4 unspecified atom stereocenters. The molecule has 0 aromatic rings. The first-order chi connectivity index (χ1) is 4.29. The largest absolute Gasteiger partial charge is 0.388 e. The van der Waals surface area contributed by atoms with Crippen LogP contribution >= 0.6 is 11.8 Å². The molecular formula is C5H8O3S. The van der Waals surface area contributed by atoms with Crippen molar-refractivity contribution in [3.05, 3.63) is 0 Å². The molecule has 0 aromatic carbocycles. The second-order valence-electron chi connectivity index (χ2n) is 2.36. The molecule has 0 spiro atoms. The van der Waals surface area contributed by atoms with E-state index in [0.29, 0.717) is 0 Å². The van der Waals surface area contributed by atoms with Gasteiger partial charge in [0.15, 0.2) is 0 Å². The van der Waals surface area contributed by atoms with Gasteiger partial charge in [0.05, 0.1) is 6.10 Å². The number of thioether (sulfide) groups is 1. The lowest BCUT2D eigenvalue weighted by Crippen LogP contribution is -2.36. The van der Waals surface area contributed by atoms with Crippen LogP contribution in [0.2, 0.25) is 0 Å². The van der Waals surface area contributed by atoms with Crippen molar-refractivity contribution in [1.29, 1.82) is 0 Å². The third-order valence-corrected chi connectivity index (χ3v) is 2.98. The average Bonchev–Trinajstić information content (AvgIpc) is 2.37. The van der Waals surface area contributed by atoms with E-state index >= 15 is 0 Å². The average molecular weight is 148 g/mol. The third kappa shape index (κ3) is 0.709. The molecule has 2 aliphatic rings. The number of hydrogen-bond donors (Lipinski definition) is 2. The SMILES string of the molecule is OC1C2CSC(O2)C1O. The highest BCUT2D eigenvalue weighted by Gasteiger charge is 2.48. The molecule has 0 radical (unpaired) electrons. The van der Waals surface area contributed by atoms with Crippen molar-refractivity contribution in [3.63, 3.8) is 0 Å². The summed E-state index contributed by atoms with van der Waals surface area (Å²) in [5, 5.41) is 18.2. The molecule has 2 aliphatic heterocycles. The van der Waals surface area contributed by atoms with Crippen molar-refractivity contribution in [2.75, 3.05) is 5.75 Å². The molecule has 0 saturated carbocycles. The first-order valence-corrected chi connectivity index (χ1v) is 3.97. The van der Waals surface area contributed by atoms with E-state index in [0.717, 1.165) is 5.75 Å². The van der Waals surface area contributed by atoms with Gasteiger partial charge in [0.1, 0.15) is 17.6 Å². The lowest BCUT2D eigenvalue weighted by Gasteiger charge is -2.17. The van der Waals surface area contributed by atoms with E-state index in [4.69, 9.17) is 14.9 Å². The summed E-state index contributed by atoms with van der Waals surface area (Å²) in [6, 6.07) is 0. The van der Waals surface area contributed by atoms with Gasteiger partial charge in [-0.2, -0.15) is 0 Å². The second-order valence-corrected chi connectivity index (χ2v) is 3.49. The lowest BCUT2D eigenvalue weighted by molar-refractivity contribution is 0.0330. The zero-order valence-corrected chi connectivity index (χ0v) is 5.54. The van der Waals surface area contributed by atoms with E-state index in [1.807, 2.05) is 0 Å². The van der Waals surface area contributed by atoms with Crippen molar-refractivity contribution in [2.24, 2.45) is 0 Å². The Kier molecular flexibility index (Phi) is 1.23. The van der Waals surface area contributed by atoms with Crippen molar-refractivity contribution < 1.29 is 14.9 Å². The first kappa shape index (κ1) is 5.97. The van der Waals surface area contributed by atoms with Gasteiger partial charge >= 0.3 is 0 Å². The van der Waals surface area contributed by atoms with Gasteiger partial charge in [0, 0.05) is 5.75 Å². The number of rotatable bonds is 0. The summed E-state index contributed by atoms with van der Waals surface area (Å²) in [5.74, 6) is 0.822. The van der Waals surface area contributed by atoms with Crippen LogP contribution in [0.3, 0.4) is 0 Å². The van der Waals surface area contributed by atoms with Crippen molar-refractivity contribution in [1.82, 2.24) is 0 Å². The Hall–Kier alpha value is 0.230. The van der Waals surface area contributed by atoms with Crippen molar-refractivity contribution in [3.8, 4) is 0 Å². The lowest BCUT2D eigenvalue weighted by atomic mass is 10.2. The number of ether oxygens (including phenoxy) is 1. The molecular weight excluding hydrogens is 140 g/mol. The molecule has 9 heavy (non-hydrogen) atoms. The molecule has 0 aromatic heterocycles. The van der Waals surface area contributed by atoms with E-state index in [9.17, 15) is 0 Å². The number of hydrogen-bond acceptors (Lipinski definition) is 4. The predicted molar refractivity (Wildman–Crippen MR) is 33.1 cm³/mol. The fourth-order valence-electron chi connectivity index (χ4n) is 1.18. The van der Waals surface area contributed by atoms with Crippen LogP contribution in [0.4, 0.5) is 0 Å². The van der Waals surface area contributed by atoms with E-state index in [1.54, 1.807) is 11.8 Å². The van der Waals surface area contributed by atoms with Gasteiger partial charge in [-0.3, -0.25) is 0 Å². The highest BCUT2D eigenvalue weighted by Crippen LogP contribution is 2.38. The molecule has 2 heterocycles. The molecule has 2 bridgehead atoms. The van der Waals surface area contributed by atoms with Gasteiger partial charge in [0.25, 0.3) is 0 Å². The summed E-state index contributed by atoms with van der Waals surface area (Å²) >= 11 is 1.57. The highest BCUT2D eigenvalue weighted by molar-refractivity contribution is 8.00. The summed E-state index contributed by atoms with van der Waals surface area (Å²) in [6.07, 6.45) is -1.42. The van der Waals surface area contributed by atoms with E-state index < -0.39 is 12.2 Å². The Morgan fingerprint density at radius 1 is 1.33 bits per heavy atom. The molecule has 2 N–H and O–H groups in total. The van der Waals surface area contributed by atoms with Crippen LogP contribution < -0.4 is 0 Å². The predicted octanol–water partition coefficient (Wildman–Crippen LogP) is -0.820. The number of aliphatic hydroxyl groups is 2. The van der Waals surface area contributed by atoms with Crippen LogP contribution in [0, 0.1) is 0 Å². The molecule has 2 rings (SSSR count). The van der Waals surface area contributed by atoms with Crippen molar-refractivity contribution in [2.45, 2.75) is 23.7 Å². The monoisotopic (exact) mass is 148 g/mol. The molecule has 4 heteroatoms. The minimum Gasteiger partial charge on any atom is -0.388 e. The minimum absolute atomic E-state index is 0.116. The topological polar surface area (TPSA) is 49.7 Å². The van der Waals surface area contributed by atoms with Crippen LogP contribution in [-0.4, -0.2) is 39.7 Å². The van der Waals surface area contributed by atoms with Gasteiger partial charge < -0.3 is 14.9 Å². The normalized spacial score (nSPS) is 56.7. The maximum atomic E-state index is 9.10. The maximum absolute atomic E-state index is 9.10. The zero-order chi connectivity index (χ0) is 6.43. The van der Waals surface area contributed by atoms with Gasteiger partial charge in [-0.15, -0.1) is 11.8 Å². The van der Waals surface area contributed by atoms with Crippen LogP contribution in [0.25, 0.3) is 0 Å². The maximum Gasteiger partial charge on any atom is 0.132 e. The third-order valence-electron chi connectivity index (χ3n) is 1.74. The Labute approximate surface area is 57.0 Å². The van der Waals surface area contributed by atoms with Gasteiger partial charge in [0.2, 0.25) is 0 Å². The van der Waals surface area contributed by atoms with Crippen LogP contribution in [0.15, 0.2) is 0 Å². The smallest absolute Gasteiger partial charge is 0.132 e. The number of fused-ring (bicyclic) bond motifs is 2. The van der Waals surface area contributed by atoms with E-state index in [2.05, 4.69) is 0 Å². The summed E-state index contributed by atoms with van der Waals surface area (Å²) in [5.41, 5.74) is -0.162. The minimum atomic E-state index is -0.659. The summed E-state index contributed by atoms with van der Waals surface area (Å²) in [4.78, 5) is 0. The standard InChI is InChI=1S/C5H8O3S/c6-3-2-1-9-5(8-2)4(3)7/h2-7H,1H2. The van der Waals surface area contributed by atoms with Gasteiger partial charge in [-0.25, -0.2) is 0 Å². The van der Waals surface area contributed by atoms with Gasteiger partial charge in [-0.05, 0) is 0 Å². The molecule has 52 valence electrons. The van der Waals surface area contributed by atoms with Crippen LogP contribution in [-0.2, 0) is 4.74 Å². The molecule has 3 nitrogen and oxygen atoms in total. The fraction of sp³-hybridized carbons (Fsp3) is 1.00. The Bertz CT molecular complexity index is 111. The van der Waals surface area contributed by atoms with Crippen LogP contribution in [0.5, 0.6) is 0 Å². The Morgan fingerprint density at radius 2 is 2.11 bits per heavy atom. The van der Waals surface area contributed by atoms with Crippen molar-refractivity contribution >= 4 is 11.8 Å². The molecule has 2 saturated heterocycles. The summed E-state index contributed by atoms with van der Waals surface area (Å²) < 4.78 is 5.16. The van der Waals surface area contributed by atoms with Gasteiger partial charge in [-0.1, -0.05) is 0 Å². The molecule has 4 atom stereocenters. The second kappa shape index (κ2) is 1.85. The van der Waals surface area contributed by atoms with E-state index in [1.165, 1.54) is 0 Å². The van der Waals surface area contributed by atoms with Crippen LogP contribution in [0.1, 0.15) is 0 Å². The quantitative estimate of drug-likeness (QED) is 0.471. The highest BCUT2D eigenvalue weighted by atomic mass is 32.2.